The van der Waals surface area contributed by atoms with Crippen molar-refractivity contribution >= 4 is 17.6 Å². The van der Waals surface area contributed by atoms with Crippen LogP contribution in [0, 0.1) is 0 Å². The zero-order valence-electron chi connectivity index (χ0n) is 14.6. The van der Waals surface area contributed by atoms with Crippen molar-refractivity contribution in [2.45, 2.75) is 44.9 Å². The summed E-state index contributed by atoms with van der Waals surface area (Å²) in [5, 5.41) is 11.6. The first-order chi connectivity index (χ1) is 12.0. The number of amides is 1. The summed E-state index contributed by atoms with van der Waals surface area (Å²) in [5.41, 5.74) is 3.11. The maximum Gasteiger partial charge on any atom is 0.303 e. The molecule has 25 heavy (non-hydrogen) atoms. The van der Waals surface area contributed by atoms with Gasteiger partial charge in [0.15, 0.2) is 0 Å². The minimum atomic E-state index is -0.770. The van der Waals surface area contributed by atoms with Gasteiger partial charge in [0.05, 0.1) is 0 Å². The van der Waals surface area contributed by atoms with Gasteiger partial charge in [-0.3, -0.25) is 9.59 Å². The Balaban J connectivity index is 1.75. The van der Waals surface area contributed by atoms with Gasteiger partial charge in [0.1, 0.15) is 0 Å². The third-order valence-electron chi connectivity index (χ3n) is 4.27. The summed E-state index contributed by atoms with van der Waals surface area (Å²) in [7, 11) is 0. The smallest absolute Gasteiger partial charge is 0.303 e. The lowest BCUT2D eigenvalue weighted by molar-refractivity contribution is -0.137. The molecule has 1 amide bonds. The van der Waals surface area contributed by atoms with Gasteiger partial charge in [-0.1, -0.05) is 49.4 Å². The van der Waals surface area contributed by atoms with Gasteiger partial charge >= 0.3 is 5.97 Å². The van der Waals surface area contributed by atoms with Gasteiger partial charge in [0.25, 0.3) is 0 Å². The highest BCUT2D eigenvalue weighted by Gasteiger charge is 2.09. The molecule has 0 heterocycles. The lowest BCUT2D eigenvalue weighted by atomic mass is 9.96. The van der Waals surface area contributed by atoms with Crippen LogP contribution in [0.25, 0.3) is 0 Å². The number of hydrogen-bond acceptors (Lipinski definition) is 2. The number of rotatable bonds is 9. The van der Waals surface area contributed by atoms with E-state index in [1.54, 1.807) is 0 Å². The summed E-state index contributed by atoms with van der Waals surface area (Å²) >= 11 is 0. The quantitative estimate of drug-likeness (QED) is 0.701. The predicted octanol–water partition coefficient (Wildman–Crippen LogP) is 4.62. The van der Waals surface area contributed by atoms with E-state index < -0.39 is 5.97 Å². The number of carboxylic acid groups (broad SMARTS) is 1. The van der Waals surface area contributed by atoms with Crippen molar-refractivity contribution in [3.63, 3.8) is 0 Å². The van der Waals surface area contributed by atoms with Crippen LogP contribution in [0.5, 0.6) is 0 Å². The zero-order valence-corrected chi connectivity index (χ0v) is 14.6. The molecule has 0 spiro atoms. The number of anilines is 1. The van der Waals surface area contributed by atoms with Crippen LogP contribution in [-0.4, -0.2) is 17.0 Å². The van der Waals surface area contributed by atoms with Crippen molar-refractivity contribution in [2.24, 2.45) is 0 Å². The number of hydrogen-bond donors (Lipinski definition) is 2. The minimum absolute atomic E-state index is 0.0152. The summed E-state index contributed by atoms with van der Waals surface area (Å²) in [4.78, 5) is 22.6. The second-order valence-corrected chi connectivity index (χ2v) is 6.34. The van der Waals surface area contributed by atoms with Crippen LogP contribution < -0.4 is 5.32 Å². The SMILES string of the molecule is CC(CCC(=O)Nc1ccc(CCCC(=O)O)cc1)c1ccccc1. The largest absolute Gasteiger partial charge is 0.481 e. The summed E-state index contributed by atoms with van der Waals surface area (Å²) in [6, 6.07) is 17.8. The van der Waals surface area contributed by atoms with E-state index in [2.05, 4.69) is 24.4 Å². The molecule has 0 radical (unpaired) electrons. The lowest BCUT2D eigenvalue weighted by Crippen LogP contribution is -2.12. The zero-order chi connectivity index (χ0) is 18.1. The van der Waals surface area contributed by atoms with E-state index in [1.807, 2.05) is 42.5 Å². The number of carbonyl (C=O) groups excluding carboxylic acids is 1. The molecule has 2 aromatic carbocycles. The molecule has 0 aromatic heterocycles. The molecular formula is C21H25NO3. The average molecular weight is 339 g/mol. The molecule has 0 aliphatic carbocycles. The van der Waals surface area contributed by atoms with Crippen molar-refractivity contribution in [3.05, 3.63) is 65.7 Å². The maximum atomic E-state index is 12.1. The van der Waals surface area contributed by atoms with E-state index in [0.29, 0.717) is 18.8 Å². The molecule has 2 rings (SSSR count). The Bertz CT molecular complexity index is 680. The number of nitrogens with one attached hydrogen (secondary N) is 1. The third kappa shape index (κ3) is 6.79. The number of aryl methyl sites for hydroxylation is 1. The third-order valence-corrected chi connectivity index (χ3v) is 4.27. The number of benzene rings is 2. The lowest BCUT2D eigenvalue weighted by Gasteiger charge is -2.12. The second kappa shape index (κ2) is 9.62. The molecule has 132 valence electrons. The van der Waals surface area contributed by atoms with Crippen LogP contribution >= 0.6 is 0 Å². The molecular weight excluding hydrogens is 314 g/mol. The van der Waals surface area contributed by atoms with Crippen LogP contribution in [0.15, 0.2) is 54.6 Å². The van der Waals surface area contributed by atoms with Crippen molar-refractivity contribution in [2.75, 3.05) is 5.32 Å². The highest BCUT2D eigenvalue weighted by Crippen LogP contribution is 2.20. The van der Waals surface area contributed by atoms with E-state index in [9.17, 15) is 9.59 Å². The molecule has 4 nitrogen and oxygen atoms in total. The molecule has 0 aliphatic rings. The standard InChI is InChI=1S/C21H25NO3/c1-16(18-7-3-2-4-8-18)10-15-20(23)22-19-13-11-17(12-14-19)6-5-9-21(24)25/h2-4,7-8,11-14,16H,5-6,9-10,15H2,1H3,(H,22,23)(H,24,25). The molecule has 0 fully saturated rings. The normalized spacial score (nSPS) is 11.7. The molecule has 2 aromatic rings. The molecule has 2 N–H and O–H groups in total. The monoisotopic (exact) mass is 339 g/mol. The van der Waals surface area contributed by atoms with Crippen molar-refractivity contribution in [3.8, 4) is 0 Å². The molecule has 0 aliphatic heterocycles. The Morgan fingerprint density at radius 1 is 1.00 bits per heavy atom. The van der Waals surface area contributed by atoms with Gasteiger partial charge in [-0.2, -0.15) is 0 Å². The van der Waals surface area contributed by atoms with Crippen molar-refractivity contribution in [1.29, 1.82) is 0 Å². The maximum absolute atomic E-state index is 12.1. The highest BCUT2D eigenvalue weighted by molar-refractivity contribution is 5.90. The predicted molar refractivity (Wildman–Crippen MR) is 99.7 cm³/mol. The van der Waals surface area contributed by atoms with Gasteiger partial charge in [0.2, 0.25) is 5.91 Å². The molecule has 0 bridgehead atoms. The number of carboxylic acids is 1. The van der Waals surface area contributed by atoms with E-state index in [-0.39, 0.29) is 12.3 Å². The Kier molecular flexibility index (Phi) is 7.20. The van der Waals surface area contributed by atoms with E-state index in [0.717, 1.165) is 24.1 Å². The Morgan fingerprint density at radius 3 is 2.32 bits per heavy atom. The van der Waals surface area contributed by atoms with E-state index in [4.69, 9.17) is 5.11 Å². The first-order valence-electron chi connectivity index (χ1n) is 8.70. The van der Waals surface area contributed by atoms with Crippen LogP contribution in [0.3, 0.4) is 0 Å². The van der Waals surface area contributed by atoms with E-state index in [1.165, 1.54) is 5.56 Å². The Morgan fingerprint density at radius 2 is 1.68 bits per heavy atom. The fourth-order valence-corrected chi connectivity index (χ4v) is 2.72. The Labute approximate surface area is 148 Å². The van der Waals surface area contributed by atoms with Crippen LogP contribution in [0.2, 0.25) is 0 Å². The van der Waals surface area contributed by atoms with Gasteiger partial charge < -0.3 is 10.4 Å². The summed E-state index contributed by atoms with van der Waals surface area (Å²) in [6.45, 7) is 2.13. The summed E-state index contributed by atoms with van der Waals surface area (Å²) in [5.74, 6) is -0.404. The van der Waals surface area contributed by atoms with Crippen molar-refractivity contribution in [1.82, 2.24) is 0 Å². The van der Waals surface area contributed by atoms with Gasteiger partial charge in [-0.25, -0.2) is 0 Å². The van der Waals surface area contributed by atoms with Crippen molar-refractivity contribution < 1.29 is 14.7 Å². The molecule has 1 unspecified atom stereocenters. The molecule has 1 atom stereocenters. The molecule has 0 saturated carbocycles. The average Bonchev–Trinajstić information content (AvgIpc) is 2.61. The number of carbonyl (C=O) groups is 2. The Hall–Kier alpha value is -2.62. The van der Waals surface area contributed by atoms with Crippen LogP contribution in [0.1, 0.15) is 49.7 Å². The first kappa shape index (κ1) is 18.7. The topological polar surface area (TPSA) is 66.4 Å². The second-order valence-electron chi connectivity index (χ2n) is 6.34. The summed E-state index contributed by atoms with van der Waals surface area (Å²) in [6.07, 6.45) is 2.82. The van der Waals surface area contributed by atoms with Gasteiger partial charge in [-0.15, -0.1) is 0 Å². The first-order valence-corrected chi connectivity index (χ1v) is 8.70. The fourth-order valence-electron chi connectivity index (χ4n) is 2.72. The van der Waals surface area contributed by atoms with E-state index >= 15 is 0 Å². The van der Waals surface area contributed by atoms with Gasteiger partial charge in [-0.05, 0) is 48.4 Å². The highest BCUT2D eigenvalue weighted by atomic mass is 16.4. The fraction of sp³-hybridized carbons (Fsp3) is 0.333. The van der Waals surface area contributed by atoms with Gasteiger partial charge in [0, 0.05) is 18.5 Å². The minimum Gasteiger partial charge on any atom is -0.481 e. The van der Waals surface area contributed by atoms with Crippen LogP contribution in [-0.2, 0) is 16.0 Å². The molecule has 0 saturated heterocycles. The number of aliphatic carboxylic acids is 1. The molecule has 4 heteroatoms. The van der Waals surface area contributed by atoms with Crippen LogP contribution in [0.4, 0.5) is 5.69 Å². The summed E-state index contributed by atoms with van der Waals surface area (Å²) < 4.78 is 0.